The average molecular weight is 479 g/mol. The second kappa shape index (κ2) is 4.32. The topological polar surface area (TPSA) is 74.3 Å². The molecule has 0 amide bonds. The van der Waals surface area contributed by atoms with Gasteiger partial charge in [0.15, 0.2) is 0 Å². The molecular weight excluding hydrogens is 470 g/mol. The molecule has 1 aliphatic heterocycles. The molecule has 2 aromatic carbocycles. The van der Waals surface area contributed by atoms with Gasteiger partial charge in [0.25, 0.3) is 0 Å². The number of hydrogen-bond acceptors (Lipinski definition) is 4. The van der Waals surface area contributed by atoms with Crippen molar-refractivity contribution < 1.29 is 25.4 Å². The van der Waals surface area contributed by atoms with E-state index in [1.165, 1.54) is 0 Å². The number of hydrogen-bond donors (Lipinski definition) is 2. The van der Waals surface area contributed by atoms with Crippen molar-refractivity contribution in [3.63, 3.8) is 0 Å². The predicted molar refractivity (Wildman–Crippen MR) is 77.5 cm³/mol. The number of nitrogens with one attached hydrogen (secondary N) is 1. The van der Waals surface area contributed by atoms with E-state index in [4.69, 9.17) is 8.80 Å². The summed E-state index contributed by atoms with van der Waals surface area (Å²) in [5, 5.41) is 0. The number of anilines is 1. The van der Waals surface area contributed by atoms with Crippen LogP contribution in [-0.4, -0.2) is 5.78 Å². The molecule has 2 aliphatic rings. The van der Waals surface area contributed by atoms with Crippen LogP contribution in [0.25, 0.3) is 11.1 Å². The maximum atomic E-state index is 12.4. The molecule has 0 spiro atoms. The summed E-state index contributed by atoms with van der Waals surface area (Å²) >= 11 is -1.05. The van der Waals surface area contributed by atoms with Gasteiger partial charge in [0.05, 0.1) is 0 Å². The van der Waals surface area contributed by atoms with Gasteiger partial charge < -0.3 is 0 Å². The molecule has 0 unspecified atom stereocenters. The number of nitrogens with two attached hydrogens (primary N) is 1. The first-order valence-electron chi connectivity index (χ1n) is 5.60. The van der Waals surface area contributed by atoms with Gasteiger partial charge in [-0.1, -0.05) is 0 Å². The second-order valence-corrected chi connectivity index (χ2v) is 17.1. The van der Waals surface area contributed by atoms with Crippen molar-refractivity contribution >= 4 is 28.0 Å². The van der Waals surface area contributed by atoms with Gasteiger partial charge in [0, 0.05) is 0 Å². The standard InChI is InChI=1S/C13H9I2N2O2/c16-7-1-3-10-11(5-7)9-4-2-8(19-15-14-17-15)6-12(9)13(10)18/h1-6,17H,16H2/q-1. The number of carbonyl (C=O) groups is 1. The zero-order chi connectivity index (χ0) is 13.0. The van der Waals surface area contributed by atoms with E-state index in [1.807, 2.05) is 24.3 Å². The fourth-order valence-electron chi connectivity index (χ4n) is 2.24. The molecule has 19 heavy (non-hydrogen) atoms. The minimum absolute atomic E-state index is 0.0673. The molecule has 0 radical (unpaired) electrons. The molecule has 2 aromatic rings. The fourth-order valence-corrected chi connectivity index (χ4v) is 8.85. The summed E-state index contributed by atoms with van der Waals surface area (Å²) in [6, 6.07) is 11.2. The molecule has 1 aliphatic carbocycles. The number of rotatable bonds is 2. The maximum absolute atomic E-state index is 12.4. The van der Waals surface area contributed by atoms with Gasteiger partial charge in [-0.3, -0.25) is 0 Å². The SMILES string of the molecule is Nc1ccc2c(c1)-c1ccc(OI3N[I-]3)cc1C2=O. The van der Waals surface area contributed by atoms with Crippen LogP contribution in [0, 0.1) is 0 Å². The summed E-state index contributed by atoms with van der Waals surface area (Å²) in [5.41, 5.74) is 9.84. The van der Waals surface area contributed by atoms with Crippen molar-refractivity contribution in [3.05, 3.63) is 47.5 Å². The molecule has 0 aromatic heterocycles. The number of nitrogen functional groups attached to an aromatic ring is 1. The molecule has 98 valence electrons. The van der Waals surface area contributed by atoms with E-state index in [0.717, 1.165) is 28.0 Å². The van der Waals surface area contributed by atoms with Crippen molar-refractivity contribution in [1.82, 2.24) is 1.74 Å². The van der Waals surface area contributed by atoms with Gasteiger partial charge in [-0.25, -0.2) is 0 Å². The summed E-state index contributed by atoms with van der Waals surface area (Å²) in [5.74, 6) is 0.889. The zero-order valence-electron chi connectivity index (χ0n) is 9.61. The number of benzene rings is 2. The third-order valence-corrected chi connectivity index (χ3v) is 10.8. The Bertz CT molecular complexity index is 714. The zero-order valence-corrected chi connectivity index (χ0v) is 13.9. The summed E-state index contributed by atoms with van der Waals surface area (Å²) in [6.45, 7) is 0. The van der Waals surface area contributed by atoms with Crippen molar-refractivity contribution in [1.29, 1.82) is 0 Å². The van der Waals surface area contributed by atoms with E-state index in [9.17, 15) is 4.79 Å². The van der Waals surface area contributed by atoms with E-state index in [2.05, 4.69) is 1.74 Å². The summed E-state index contributed by atoms with van der Waals surface area (Å²) < 4.78 is 9.17. The molecule has 3 N–H and O–H groups in total. The predicted octanol–water partition coefficient (Wildman–Crippen LogP) is -0.282. The molecule has 0 atom stereocenters. The number of carbonyl (C=O) groups excluding carboxylic acids is 1. The molecule has 0 saturated carbocycles. The van der Waals surface area contributed by atoms with Crippen LogP contribution < -0.4 is 28.0 Å². The average Bonchev–Trinajstić information content (AvgIpc) is 3.17. The Labute approximate surface area is 124 Å². The first-order chi connectivity index (χ1) is 9.22. The molecule has 1 heterocycles. The third kappa shape index (κ3) is 2.01. The molecule has 6 heteroatoms. The third-order valence-electron chi connectivity index (χ3n) is 3.10. The Hall–Kier alpha value is -0.870. The summed E-state index contributed by atoms with van der Waals surface area (Å²) in [4.78, 5) is 12.4. The second-order valence-electron chi connectivity index (χ2n) is 4.27. The van der Waals surface area contributed by atoms with Crippen LogP contribution in [0.15, 0.2) is 36.4 Å². The van der Waals surface area contributed by atoms with Crippen molar-refractivity contribution in [2.45, 2.75) is 0 Å². The van der Waals surface area contributed by atoms with E-state index in [0.29, 0.717) is 5.69 Å². The van der Waals surface area contributed by atoms with Crippen molar-refractivity contribution in [3.8, 4) is 16.9 Å². The molecule has 0 bridgehead atoms. The van der Waals surface area contributed by atoms with Crippen LogP contribution in [0.1, 0.15) is 15.9 Å². The van der Waals surface area contributed by atoms with Gasteiger partial charge in [-0.2, -0.15) is 0 Å². The Balaban J connectivity index is 1.83. The van der Waals surface area contributed by atoms with E-state index in [1.54, 1.807) is 12.1 Å². The van der Waals surface area contributed by atoms with Crippen LogP contribution in [0.5, 0.6) is 5.75 Å². The normalized spacial score (nSPS) is 17.5. The first kappa shape index (κ1) is 11.9. The molecule has 1 fully saturated rings. The molecule has 4 nitrogen and oxygen atoms in total. The van der Waals surface area contributed by atoms with Crippen LogP contribution in [0.2, 0.25) is 0 Å². The summed E-state index contributed by atoms with van der Waals surface area (Å²) in [6.07, 6.45) is 0. The molecule has 1 saturated heterocycles. The molecular formula is C13H9I2N2O2-. The van der Waals surface area contributed by atoms with Crippen molar-refractivity contribution in [2.75, 3.05) is 5.73 Å². The Kier molecular flexibility index (Phi) is 2.71. The van der Waals surface area contributed by atoms with Crippen molar-refractivity contribution in [2.24, 2.45) is 0 Å². The number of fused-ring (bicyclic) bond motifs is 3. The van der Waals surface area contributed by atoms with Crippen LogP contribution in [0.3, 0.4) is 0 Å². The Morgan fingerprint density at radius 1 is 1.05 bits per heavy atom. The molecule has 4 rings (SSSR count). The van der Waals surface area contributed by atoms with Gasteiger partial charge in [0.1, 0.15) is 0 Å². The van der Waals surface area contributed by atoms with Crippen LogP contribution in [-0.2, 0) is 0 Å². The first-order valence-corrected chi connectivity index (χ1v) is 14.9. The quantitative estimate of drug-likeness (QED) is 0.230. The monoisotopic (exact) mass is 479 g/mol. The number of halogens is 2. The van der Waals surface area contributed by atoms with Gasteiger partial charge in [0.2, 0.25) is 0 Å². The Morgan fingerprint density at radius 2 is 1.84 bits per heavy atom. The minimum atomic E-state index is -1.21. The van der Waals surface area contributed by atoms with Crippen LogP contribution >= 0.6 is 16.5 Å². The van der Waals surface area contributed by atoms with Crippen LogP contribution in [0.4, 0.5) is 5.69 Å². The van der Waals surface area contributed by atoms with E-state index in [-0.39, 0.29) is 23.3 Å². The van der Waals surface area contributed by atoms with E-state index < -0.39 is 16.5 Å². The van der Waals surface area contributed by atoms with Gasteiger partial charge >= 0.3 is 125 Å². The van der Waals surface area contributed by atoms with Gasteiger partial charge in [-0.05, 0) is 0 Å². The van der Waals surface area contributed by atoms with Gasteiger partial charge in [-0.15, -0.1) is 0 Å². The Morgan fingerprint density at radius 3 is 2.63 bits per heavy atom. The van der Waals surface area contributed by atoms with E-state index >= 15 is 0 Å². The fraction of sp³-hybridized carbons (Fsp3) is 0. The summed E-state index contributed by atoms with van der Waals surface area (Å²) in [7, 11) is 0. The number of ketones is 1.